The van der Waals surface area contributed by atoms with Crippen LogP contribution in [0.15, 0.2) is 64.0 Å². The van der Waals surface area contributed by atoms with Crippen LogP contribution in [0.2, 0.25) is 0 Å². The maximum absolute atomic E-state index is 12.8. The van der Waals surface area contributed by atoms with E-state index in [1.165, 1.54) is 5.56 Å². The van der Waals surface area contributed by atoms with E-state index in [1.807, 2.05) is 18.2 Å². The summed E-state index contributed by atoms with van der Waals surface area (Å²) in [6, 6.07) is 17.2. The molecule has 0 atom stereocenters. The molecule has 0 unspecified atom stereocenters. The largest absolute Gasteiger partial charge is 0.298 e. The van der Waals surface area contributed by atoms with Crippen LogP contribution in [0, 0.1) is 0 Å². The Bertz CT molecular complexity index is 763. The lowest BCUT2D eigenvalue weighted by Gasteiger charge is -2.22. The predicted molar refractivity (Wildman–Crippen MR) is 99.2 cm³/mol. The minimum Gasteiger partial charge on any atom is -0.298 e. The first-order chi connectivity index (χ1) is 11.6. The molecule has 0 amide bonds. The Morgan fingerprint density at radius 2 is 1.58 bits per heavy atom. The average Bonchev–Trinajstić information content (AvgIpc) is 2.82. The van der Waals surface area contributed by atoms with Crippen LogP contribution >= 0.6 is 15.9 Å². The molecule has 0 radical (unpaired) electrons. The Balaban J connectivity index is 1.67. The molecule has 3 rings (SSSR count). The van der Waals surface area contributed by atoms with E-state index in [-0.39, 0.29) is 0 Å². The highest BCUT2D eigenvalue weighted by molar-refractivity contribution is 9.10. The fourth-order valence-electron chi connectivity index (χ4n) is 2.94. The van der Waals surface area contributed by atoms with Crippen molar-refractivity contribution in [1.29, 1.82) is 0 Å². The van der Waals surface area contributed by atoms with Gasteiger partial charge in [-0.3, -0.25) is 4.90 Å². The summed E-state index contributed by atoms with van der Waals surface area (Å²) < 4.78 is 28.1. The van der Waals surface area contributed by atoms with Crippen molar-refractivity contribution in [1.82, 2.24) is 9.21 Å². The van der Waals surface area contributed by atoms with E-state index in [4.69, 9.17) is 0 Å². The standard InChI is InChI=1S/C18H21BrN2O2S/c19-17-7-9-18(10-8-17)24(22,23)21-12-4-11-20(13-14-21)15-16-5-2-1-3-6-16/h1-3,5-10H,4,11-15H2. The summed E-state index contributed by atoms with van der Waals surface area (Å²) in [4.78, 5) is 2.69. The number of benzene rings is 2. The molecular weight excluding hydrogens is 388 g/mol. The van der Waals surface area contributed by atoms with Gasteiger partial charge in [0.2, 0.25) is 10.0 Å². The van der Waals surface area contributed by atoms with E-state index < -0.39 is 10.0 Å². The van der Waals surface area contributed by atoms with Crippen molar-refractivity contribution in [3.05, 3.63) is 64.6 Å². The molecule has 0 spiro atoms. The van der Waals surface area contributed by atoms with Gasteiger partial charge in [-0.25, -0.2) is 8.42 Å². The van der Waals surface area contributed by atoms with Crippen molar-refractivity contribution in [2.75, 3.05) is 26.2 Å². The molecule has 2 aromatic carbocycles. The average molecular weight is 409 g/mol. The number of nitrogens with zero attached hydrogens (tertiary/aromatic N) is 2. The van der Waals surface area contributed by atoms with Crippen LogP contribution < -0.4 is 0 Å². The Hall–Kier alpha value is -1.21. The predicted octanol–water partition coefficient (Wildman–Crippen LogP) is 3.35. The molecule has 24 heavy (non-hydrogen) atoms. The summed E-state index contributed by atoms with van der Waals surface area (Å²) in [6.07, 6.45) is 0.850. The fraction of sp³-hybridized carbons (Fsp3) is 0.333. The molecule has 0 saturated carbocycles. The summed E-state index contributed by atoms with van der Waals surface area (Å²) in [5, 5.41) is 0. The minimum atomic E-state index is -3.41. The van der Waals surface area contributed by atoms with Crippen molar-refractivity contribution in [2.24, 2.45) is 0 Å². The van der Waals surface area contributed by atoms with Crippen LogP contribution in [0.5, 0.6) is 0 Å². The third-order valence-electron chi connectivity index (χ3n) is 4.25. The zero-order valence-corrected chi connectivity index (χ0v) is 15.8. The monoisotopic (exact) mass is 408 g/mol. The molecule has 2 aromatic rings. The second kappa shape index (κ2) is 7.78. The maximum Gasteiger partial charge on any atom is 0.243 e. The van der Waals surface area contributed by atoms with E-state index in [9.17, 15) is 8.42 Å². The van der Waals surface area contributed by atoms with Crippen molar-refractivity contribution in [3.8, 4) is 0 Å². The van der Waals surface area contributed by atoms with E-state index in [0.717, 1.165) is 30.5 Å². The lowest BCUT2D eigenvalue weighted by atomic mass is 10.2. The van der Waals surface area contributed by atoms with Gasteiger partial charge in [-0.1, -0.05) is 46.3 Å². The quantitative estimate of drug-likeness (QED) is 0.778. The van der Waals surface area contributed by atoms with Crippen LogP contribution in [0.1, 0.15) is 12.0 Å². The topological polar surface area (TPSA) is 40.6 Å². The van der Waals surface area contributed by atoms with Crippen LogP contribution in [-0.2, 0) is 16.6 Å². The van der Waals surface area contributed by atoms with Crippen molar-refractivity contribution in [2.45, 2.75) is 17.9 Å². The second-order valence-electron chi connectivity index (χ2n) is 5.97. The lowest BCUT2D eigenvalue weighted by Crippen LogP contribution is -2.35. The molecule has 1 aliphatic heterocycles. The van der Waals surface area contributed by atoms with Gasteiger partial charge < -0.3 is 0 Å². The van der Waals surface area contributed by atoms with E-state index in [2.05, 4.69) is 33.0 Å². The van der Waals surface area contributed by atoms with Crippen LogP contribution in [0.3, 0.4) is 0 Å². The smallest absolute Gasteiger partial charge is 0.243 e. The van der Waals surface area contributed by atoms with Crippen LogP contribution in [0.25, 0.3) is 0 Å². The fourth-order valence-corrected chi connectivity index (χ4v) is 4.68. The van der Waals surface area contributed by atoms with Gasteiger partial charge in [-0.2, -0.15) is 4.31 Å². The first-order valence-electron chi connectivity index (χ1n) is 8.08. The Morgan fingerprint density at radius 3 is 2.29 bits per heavy atom. The summed E-state index contributed by atoms with van der Waals surface area (Å²) in [5.41, 5.74) is 1.27. The number of sulfonamides is 1. The molecule has 1 fully saturated rings. The zero-order chi connectivity index (χ0) is 17.0. The number of hydrogen-bond acceptors (Lipinski definition) is 3. The molecule has 1 heterocycles. The second-order valence-corrected chi connectivity index (χ2v) is 8.83. The first kappa shape index (κ1) is 17.6. The maximum atomic E-state index is 12.8. The van der Waals surface area contributed by atoms with Gasteiger partial charge in [0.25, 0.3) is 0 Å². The summed E-state index contributed by atoms with van der Waals surface area (Å²) in [6.45, 7) is 3.65. The molecule has 4 nitrogen and oxygen atoms in total. The van der Waals surface area contributed by atoms with Gasteiger partial charge in [0.15, 0.2) is 0 Å². The highest BCUT2D eigenvalue weighted by Crippen LogP contribution is 2.20. The van der Waals surface area contributed by atoms with Crippen molar-refractivity contribution in [3.63, 3.8) is 0 Å². The molecule has 0 N–H and O–H groups in total. The number of hydrogen-bond donors (Lipinski definition) is 0. The lowest BCUT2D eigenvalue weighted by molar-refractivity contribution is 0.278. The molecule has 128 valence electrons. The Kier molecular flexibility index (Phi) is 5.71. The molecule has 6 heteroatoms. The third-order valence-corrected chi connectivity index (χ3v) is 6.69. The number of rotatable bonds is 4. The van der Waals surface area contributed by atoms with Gasteiger partial charge in [0, 0.05) is 30.7 Å². The summed E-state index contributed by atoms with van der Waals surface area (Å²) >= 11 is 3.34. The first-order valence-corrected chi connectivity index (χ1v) is 10.3. The normalized spacial score (nSPS) is 17.5. The molecule has 0 aromatic heterocycles. The van der Waals surface area contributed by atoms with Gasteiger partial charge in [0.1, 0.15) is 0 Å². The van der Waals surface area contributed by atoms with Gasteiger partial charge in [-0.15, -0.1) is 0 Å². The van der Waals surface area contributed by atoms with Crippen molar-refractivity contribution >= 4 is 26.0 Å². The molecular formula is C18H21BrN2O2S. The van der Waals surface area contributed by atoms with Crippen LogP contribution in [0.4, 0.5) is 0 Å². The highest BCUT2D eigenvalue weighted by Gasteiger charge is 2.26. The van der Waals surface area contributed by atoms with E-state index in [0.29, 0.717) is 18.0 Å². The van der Waals surface area contributed by atoms with Crippen LogP contribution in [-0.4, -0.2) is 43.8 Å². The van der Waals surface area contributed by atoms with Gasteiger partial charge >= 0.3 is 0 Å². The minimum absolute atomic E-state index is 0.363. The number of halogens is 1. The van der Waals surface area contributed by atoms with Crippen molar-refractivity contribution < 1.29 is 8.42 Å². The Morgan fingerprint density at radius 1 is 0.875 bits per heavy atom. The van der Waals surface area contributed by atoms with Gasteiger partial charge in [-0.05, 0) is 42.8 Å². The van der Waals surface area contributed by atoms with Gasteiger partial charge in [0.05, 0.1) is 4.90 Å². The molecule has 0 aliphatic carbocycles. The molecule has 0 bridgehead atoms. The highest BCUT2D eigenvalue weighted by atomic mass is 79.9. The zero-order valence-electron chi connectivity index (χ0n) is 13.4. The SMILES string of the molecule is O=S(=O)(c1ccc(Br)cc1)N1CCCN(Cc2ccccc2)CC1. The third kappa shape index (κ3) is 4.25. The van der Waals surface area contributed by atoms with E-state index >= 15 is 0 Å². The Labute approximate surface area is 152 Å². The molecule has 1 saturated heterocycles. The van der Waals surface area contributed by atoms with E-state index in [1.54, 1.807) is 28.6 Å². The summed E-state index contributed by atoms with van der Waals surface area (Å²) in [7, 11) is -3.41. The molecule has 1 aliphatic rings. The summed E-state index contributed by atoms with van der Waals surface area (Å²) in [5.74, 6) is 0.